The summed E-state index contributed by atoms with van der Waals surface area (Å²) in [6.45, 7) is 0. The number of benzene rings is 2. The summed E-state index contributed by atoms with van der Waals surface area (Å²) >= 11 is 4.61. The molecule has 0 atom stereocenters. The van der Waals surface area contributed by atoms with Gasteiger partial charge >= 0.3 is 11.7 Å². The molecule has 0 aliphatic carbocycles. The predicted octanol–water partition coefficient (Wildman–Crippen LogP) is 5.13. The first-order valence-electron chi connectivity index (χ1n) is 6.39. The van der Waals surface area contributed by atoms with Gasteiger partial charge in [0.1, 0.15) is 5.75 Å². The molecule has 0 aromatic heterocycles. The van der Waals surface area contributed by atoms with Crippen molar-refractivity contribution in [2.45, 2.75) is 11.7 Å². The summed E-state index contributed by atoms with van der Waals surface area (Å²) < 4.78 is 66.3. The Labute approximate surface area is 138 Å². The number of halogens is 6. The minimum absolute atomic E-state index is 0.00983. The standard InChI is InChI=1S/C15H9ClF5NO2/c16-15(20,21)24-12-7-5-11(6-8-12)22-13(23)9-1-3-10(4-2-9)14(17,18)19/h1-8H,(H,22,23). The molecule has 24 heavy (non-hydrogen) atoms. The largest absolute Gasteiger partial charge is 0.487 e. The first-order chi connectivity index (χ1) is 11.0. The molecule has 9 heteroatoms. The van der Waals surface area contributed by atoms with Gasteiger partial charge in [-0.25, -0.2) is 0 Å². The van der Waals surface area contributed by atoms with Crippen molar-refractivity contribution in [3.63, 3.8) is 0 Å². The first-order valence-corrected chi connectivity index (χ1v) is 6.77. The van der Waals surface area contributed by atoms with E-state index in [9.17, 15) is 26.7 Å². The number of hydrogen-bond acceptors (Lipinski definition) is 2. The highest BCUT2D eigenvalue weighted by Crippen LogP contribution is 2.29. The van der Waals surface area contributed by atoms with Crippen LogP contribution in [0.3, 0.4) is 0 Å². The molecular weight excluding hydrogens is 357 g/mol. The van der Waals surface area contributed by atoms with Gasteiger partial charge in [0, 0.05) is 22.9 Å². The number of nitrogens with one attached hydrogen (secondary N) is 1. The molecule has 0 aliphatic rings. The average Bonchev–Trinajstić information content (AvgIpc) is 2.47. The van der Waals surface area contributed by atoms with Gasteiger partial charge in [-0.2, -0.15) is 13.2 Å². The molecule has 0 unspecified atom stereocenters. The number of rotatable bonds is 4. The lowest BCUT2D eigenvalue weighted by Gasteiger charge is -2.11. The van der Waals surface area contributed by atoms with Crippen molar-refractivity contribution in [3.8, 4) is 5.75 Å². The van der Waals surface area contributed by atoms with Crippen molar-refractivity contribution < 1.29 is 31.5 Å². The second kappa shape index (κ2) is 6.64. The van der Waals surface area contributed by atoms with E-state index in [2.05, 4.69) is 21.7 Å². The van der Waals surface area contributed by atoms with Crippen LogP contribution in [0.25, 0.3) is 0 Å². The molecule has 128 valence electrons. The quantitative estimate of drug-likeness (QED) is 0.603. The maximum Gasteiger partial charge on any atom is 0.487 e. The van der Waals surface area contributed by atoms with Crippen LogP contribution in [-0.2, 0) is 6.18 Å². The number of carbonyl (C=O) groups is 1. The van der Waals surface area contributed by atoms with Crippen LogP contribution < -0.4 is 10.1 Å². The lowest BCUT2D eigenvalue weighted by atomic mass is 10.1. The Morgan fingerprint density at radius 3 is 1.92 bits per heavy atom. The first kappa shape index (κ1) is 18.0. The Morgan fingerprint density at radius 2 is 1.46 bits per heavy atom. The second-order valence-electron chi connectivity index (χ2n) is 4.60. The Morgan fingerprint density at radius 1 is 0.917 bits per heavy atom. The van der Waals surface area contributed by atoms with Crippen molar-refractivity contribution in [1.29, 1.82) is 0 Å². The van der Waals surface area contributed by atoms with Gasteiger partial charge in [-0.3, -0.25) is 4.79 Å². The van der Waals surface area contributed by atoms with Gasteiger partial charge in [0.2, 0.25) is 0 Å². The van der Waals surface area contributed by atoms with Crippen LogP contribution >= 0.6 is 11.6 Å². The van der Waals surface area contributed by atoms with Crippen LogP contribution in [0.15, 0.2) is 48.5 Å². The zero-order chi connectivity index (χ0) is 18.0. The van der Waals surface area contributed by atoms with Crippen molar-refractivity contribution in [1.82, 2.24) is 0 Å². The van der Waals surface area contributed by atoms with Crippen molar-refractivity contribution in [2.24, 2.45) is 0 Å². The molecule has 0 saturated carbocycles. The lowest BCUT2D eigenvalue weighted by Crippen LogP contribution is -2.16. The Bertz CT molecular complexity index is 709. The molecule has 2 aromatic rings. The molecule has 0 fully saturated rings. The summed E-state index contributed by atoms with van der Waals surface area (Å²) in [5, 5.41) is 2.41. The molecule has 3 nitrogen and oxygen atoms in total. The van der Waals surface area contributed by atoms with Crippen molar-refractivity contribution >= 4 is 23.2 Å². The number of alkyl halides is 6. The van der Waals surface area contributed by atoms with Gasteiger partial charge in [0.25, 0.3) is 5.91 Å². The maximum absolute atomic E-state index is 12.4. The molecule has 2 rings (SSSR count). The summed E-state index contributed by atoms with van der Waals surface area (Å²) in [5.74, 6) is -0.873. The third kappa shape index (κ3) is 5.09. The zero-order valence-corrected chi connectivity index (χ0v) is 12.5. The van der Waals surface area contributed by atoms with E-state index in [0.29, 0.717) is 0 Å². The molecule has 0 radical (unpaired) electrons. The van der Waals surface area contributed by atoms with Gasteiger partial charge in [-0.05, 0) is 48.5 Å². The third-order valence-electron chi connectivity index (χ3n) is 2.82. The highest BCUT2D eigenvalue weighted by molar-refractivity contribution is 6.20. The van der Waals surface area contributed by atoms with E-state index in [-0.39, 0.29) is 17.0 Å². The van der Waals surface area contributed by atoms with Gasteiger partial charge in [-0.15, -0.1) is 8.78 Å². The molecule has 2 aromatic carbocycles. The summed E-state index contributed by atoms with van der Waals surface area (Å²) in [5.41, 5.74) is -4.48. The van der Waals surface area contributed by atoms with E-state index in [0.717, 1.165) is 36.4 Å². The molecule has 0 heterocycles. The molecule has 0 saturated heterocycles. The van der Waals surface area contributed by atoms with Crippen LogP contribution in [0.4, 0.5) is 27.6 Å². The second-order valence-corrected chi connectivity index (χ2v) is 5.04. The summed E-state index contributed by atoms with van der Waals surface area (Å²) in [6.07, 6.45) is -4.49. The van der Waals surface area contributed by atoms with Gasteiger partial charge in [0.15, 0.2) is 0 Å². The Hall–Kier alpha value is -2.35. The monoisotopic (exact) mass is 365 g/mol. The van der Waals surface area contributed by atoms with E-state index in [1.54, 1.807) is 0 Å². The van der Waals surface area contributed by atoms with Crippen molar-refractivity contribution in [2.75, 3.05) is 5.32 Å². The highest BCUT2D eigenvalue weighted by Gasteiger charge is 2.30. The van der Waals surface area contributed by atoms with Crippen LogP contribution in [0.1, 0.15) is 15.9 Å². The number of amides is 1. The van der Waals surface area contributed by atoms with Crippen LogP contribution in [0.5, 0.6) is 5.75 Å². The Kier molecular flexibility index (Phi) is 4.98. The van der Waals surface area contributed by atoms with E-state index < -0.39 is 23.2 Å². The fourth-order valence-electron chi connectivity index (χ4n) is 1.75. The summed E-state index contributed by atoms with van der Waals surface area (Å²) in [7, 11) is 0. The molecule has 1 amide bonds. The van der Waals surface area contributed by atoms with E-state index in [1.807, 2.05) is 0 Å². The number of carbonyl (C=O) groups excluding carboxylic acids is 1. The Balaban J connectivity index is 2.04. The SMILES string of the molecule is O=C(Nc1ccc(OC(F)(F)Cl)cc1)c1ccc(C(F)(F)F)cc1. The topological polar surface area (TPSA) is 38.3 Å². The summed E-state index contributed by atoms with van der Waals surface area (Å²) in [6, 6.07) is 8.49. The smallest absolute Gasteiger partial charge is 0.420 e. The fourth-order valence-corrected chi connectivity index (χ4v) is 1.84. The fraction of sp³-hybridized carbons (Fsp3) is 0.133. The van der Waals surface area contributed by atoms with Crippen molar-refractivity contribution in [3.05, 3.63) is 59.7 Å². The number of ether oxygens (including phenoxy) is 1. The van der Waals surface area contributed by atoms with E-state index >= 15 is 0 Å². The molecule has 0 aliphatic heterocycles. The third-order valence-corrected chi connectivity index (χ3v) is 2.90. The summed E-state index contributed by atoms with van der Waals surface area (Å²) in [4.78, 5) is 11.9. The highest BCUT2D eigenvalue weighted by atomic mass is 35.5. The van der Waals surface area contributed by atoms with Gasteiger partial charge in [-0.1, -0.05) is 0 Å². The van der Waals surface area contributed by atoms with Crippen LogP contribution in [-0.4, -0.2) is 11.5 Å². The molecular formula is C15H9ClF5NO2. The zero-order valence-electron chi connectivity index (χ0n) is 11.7. The molecule has 0 spiro atoms. The lowest BCUT2D eigenvalue weighted by molar-refractivity contribution is -0.137. The molecule has 1 N–H and O–H groups in total. The van der Waals surface area contributed by atoms with E-state index in [4.69, 9.17) is 0 Å². The van der Waals surface area contributed by atoms with Gasteiger partial charge in [0.05, 0.1) is 5.56 Å². The maximum atomic E-state index is 12.4. The van der Waals surface area contributed by atoms with E-state index in [1.165, 1.54) is 12.1 Å². The number of hydrogen-bond donors (Lipinski definition) is 1. The number of anilines is 1. The minimum Gasteiger partial charge on any atom is -0.420 e. The molecule has 0 bridgehead atoms. The van der Waals surface area contributed by atoms with Crippen LogP contribution in [0.2, 0.25) is 0 Å². The van der Waals surface area contributed by atoms with Gasteiger partial charge < -0.3 is 10.1 Å². The normalized spacial score (nSPS) is 11.9. The van der Waals surface area contributed by atoms with Crippen LogP contribution in [0, 0.1) is 0 Å². The predicted molar refractivity (Wildman–Crippen MR) is 77.3 cm³/mol. The average molecular weight is 366 g/mol. The minimum atomic E-state index is -4.49.